The van der Waals surface area contributed by atoms with Gasteiger partial charge in [0.05, 0.1) is 39.1 Å². The minimum absolute atomic E-state index is 0.203. The van der Waals surface area contributed by atoms with Crippen LogP contribution in [0.4, 0.5) is 0 Å². The van der Waals surface area contributed by atoms with Crippen LogP contribution in [0.5, 0.6) is 5.75 Å². The Morgan fingerprint density at radius 2 is 1.94 bits per heavy atom. The summed E-state index contributed by atoms with van der Waals surface area (Å²) in [5, 5.41) is 0. The second kappa shape index (κ2) is 10.7. The molecule has 3 aromatic rings. The summed E-state index contributed by atoms with van der Waals surface area (Å²) in [6.45, 7) is 4.40. The van der Waals surface area contributed by atoms with Crippen molar-refractivity contribution in [3.8, 4) is 5.75 Å². The summed E-state index contributed by atoms with van der Waals surface area (Å²) in [7, 11) is 1.35. The molecule has 2 aromatic carbocycles. The first kappa shape index (κ1) is 25.1. The SMILES string of the molecule is CCOc1c(I)cc(I)cc1/C=c1/sc2n(c1=O)[C@H](c1ccccc1)C(C(=O)OC)=C(CC)N=2. The predicted octanol–water partition coefficient (Wildman–Crippen LogP) is 4.41. The van der Waals surface area contributed by atoms with Crippen LogP contribution in [-0.4, -0.2) is 24.3 Å². The minimum atomic E-state index is -0.607. The van der Waals surface area contributed by atoms with Crippen molar-refractivity contribution >= 4 is 68.6 Å². The molecular formula is C25H22I2N2O4S. The lowest BCUT2D eigenvalue weighted by molar-refractivity contribution is -0.136. The van der Waals surface area contributed by atoms with E-state index >= 15 is 0 Å². The zero-order valence-corrected chi connectivity index (χ0v) is 23.9. The summed E-state index contributed by atoms with van der Waals surface area (Å²) >= 11 is 5.82. The number of nitrogens with zero attached hydrogens (tertiary/aromatic N) is 2. The molecule has 0 N–H and O–H groups in total. The van der Waals surface area contributed by atoms with Crippen LogP contribution in [0.25, 0.3) is 6.08 Å². The molecule has 0 aliphatic carbocycles. The number of thiazole rings is 1. The topological polar surface area (TPSA) is 69.9 Å². The Hall–Kier alpha value is -1.99. The summed E-state index contributed by atoms with van der Waals surface area (Å²) in [5.74, 6) is 0.271. The van der Waals surface area contributed by atoms with Gasteiger partial charge in [-0.25, -0.2) is 9.79 Å². The molecule has 0 unspecified atom stereocenters. The molecule has 0 saturated heterocycles. The predicted molar refractivity (Wildman–Crippen MR) is 150 cm³/mol. The van der Waals surface area contributed by atoms with Gasteiger partial charge < -0.3 is 9.47 Å². The Morgan fingerprint density at radius 3 is 2.59 bits per heavy atom. The van der Waals surface area contributed by atoms with Crippen LogP contribution in [0, 0.1) is 7.14 Å². The maximum absolute atomic E-state index is 13.8. The van der Waals surface area contributed by atoms with E-state index in [1.54, 1.807) is 4.57 Å². The van der Waals surface area contributed by atoms with E-state index in [1.165, 1.54) is 18.4 Å². The molecule has 1 aliphatic heterocycles. The largest absolute Gasteiger partial charge is 0.492 e. The number of allylic oxidation sites excluding steroid dienone is 1. The van der Waals surface area contributed by atoms with Gasteiger partial charge >= 0.3 is 5.97 Å². The van der Waals surface area contributed by atoms with E-state index in [1.807, 2.05) is 62.4 Å². The number of aromatic nitrogens is 1. The lowest BCUT2D eigenvalue weighted by atomic mass is 9.95. The highest BCUT2D eigenvalue weighted by Crippen LogP contribution is 2.32. The number of hydrogen-bond acceptors (Lipinski definition) is 6. The number of rotatable bonds is 6. The Morgan fingerprint density at radius 1 is 1.21 bits per heavy atom. The lowest BCUT2D eigenvalue weighted by Crippen LogP contribution is -2.40. The van der Waals surface area contributed by atoms with Gasteiger partial charge in [0.2, 0.25) is 0 Å². The summed E-state index contributed by atoms with van der Waals surface area (Å²) in [5.41, 5.74) is 2.49. The Balaban J connectivity index is 2.01. The quantitative estimate of drug-likeness (QED) is 0.283. The molecule has 176 valence electrons. The van der Waals surface area contributed by atoms with Gasteiger partial charge in [-0.1, -0.05) is 48.6 Å². The number of esters is 1. The lowest BCUT2D eigenvalue weighted by Gasteiger charge is -2.25. The second-order valence-corrected chi connectivity index (χ2v) is 10.9. The van der Waals surface area contributed by atoms with E-state index in [2.05, 4.69) is 45.2 Å². The van der Waals surface area contributed by atoms with Crippen LogP contribution in [-0.2, 0) is 9.53 Å². The first-order valence-electron chi connectivity index (χ1n) is 10.7. The van der Waals surface area contributed by atoms with Crippen molar-refractivity contribution < 1.29 is 14.3 Å². The molecule has 0 saturated carbocycles. The summed E-state index contributed by atoms with van der Waals surface area (Å²) in [6.07, 6.45) is 2.40. The first-order chi connectivity index (χ1) is 16.4. The standard InChI is InChI=1S/C25H22I2N2O4S/c1-4-18-20(24(31)32-3)21(14-9-7-6-8-10-14)29-23(30)19(34-25(29)28-18)12-15-11-16(26)13-17(27)22(15)33-5-2/h6-13,21H,4-5H2,1-3H3/b19-12+/t21-/m1/s1. The Kier molecular flexibility index (Phi) is 7.93. The van der Waals surface area contributed by atoms with Crippen molar-refractivity contribution in [1.82, 2.24) is 4.57 Å². The van der Waals surface area contributed by atoms with Gasteiger partial charge in [-0.15, -0.1) is 0 Å². The Bertz CT molecular complexity index is 1460. The van der Waals surface area contributed by atoms with Crippen molar-refractivity contribution in [2.45, 2.75) is 26.3 Å². The summed E-state index contributed by atoms with van der Waals surface area (Å²) < 4.78 is 15.2. The van der Waals surface area contributed by atoms with Gasteiger partial charge in [0.15, 0.2) is 4.80 Å². The smallest absolute Gasteiger partial charge is 0.338 e. The van der Waals surface area contributed by atoms with Crippen molar-refractivity contribution in [2.24, 2.45) is 4.99 Å². The van der Waals surface area contributed by atoms with Crippen LogP contribution in [0.1, 0.15) is 37.4 Å². The molecule has 0 fully saturated rings. The average molecular weight is 700 g/mol. The maximum atomic E-state index is 13.8. The third kappa shape index (κ3) is 4.74. The van der Waals surface area contributed by atoms with Gasteiger partial charge in [-0.05, 0) is 82.3 Å². The summed E-state index contributed by atoms with van der Waals surface area (Å²) in [4.78, 5) is 31.9. The van der Waals surface area contributed by atoms with E-state index < -0.39 is 12.0 Å². The van der Waals surface area contributed by atoms with Gasteiger partial charge in [-0.3, -0.25) is 9.36 Å². The number of halogens is 2. The molecule has 1 atom stereocenters. The third-order valence-corrected chi connectivity index (χ3v) is 7.78. The van der Waals surface area contributed by atoms with Gasteiger partial charge in [0.25, 0.3) is 5.56 Å². The molecule has 1 aliphatic rings. The number of ether oxygens (including phenoxy) is 2. The molecule has 6 nitrogen and oxygen atoms in total. The molecule has 1 aromatic heterocycles. The van der Waals surface area contributed by atoms with E-state index in [0.29, 0.717) is 33.6 Å². The number of hydrogen-bond donors (Lipinski definition) is 0. The molecule has 2 heterocycles. The average Bonchev–Trinajstić information content (AvgIpc) is 3.14. The number of fused-ring (bicyclic) bond motifs is 1. The molecule has 4 rings (SSSR count). The molecule has 0 amide bonds. The fourth-order valence-corrected chi connectivity index (χ4v) is 7.00. The highest BCUT2D eigenvalue weighted by atomic mass is 127. The summed E-state index contributed by atoms with van der Waals surface area (Å²) in [6, 6.07) is 13.0. The monoisotopic (exact) mass is 700 g/mol. The van der Waals surface area contributed by atoms with Crippen molar-refractivity contribution in [2.75, 3.05) is 13.7 Å². The second-order valence-electron chi connectivity index (χ2n) is 7.44. The normalized spacial score (nSPS) is 15.7. The number of methoxy groups -OCH3 is 1. The fourth-order valence-electron chi connectivity index (χ4n) is 3.94. The zero-order valence-electron chi connectivity index (χ0n) is 18.8. The highest BCUT2D eigenvalue weighted by molar-refractivity contribution is 14.1. The molecular weight excluding hydrogens is 678 g/mol. The molecule has 9 heteroatoms. The highest BCUT2D eigenvalue weighted by Gasteiger charge is 2.33. The van der Waals surface area contributed by atoms with Crippen LogP contribution < -0.4 is 19.6 Å². The van der Waals surface area contributed by atoms with Crippen LogP contribution in [0.15, 0.2) is 63.5 Å². The zero-order chi connectivity index (χ0) is 24.4. The number of carbonyl (C=O) groups is 1. The van der Waals surface area contributed by atoms with Gasteiger partial charge in [-0.2, -0.15) is 0 Å². The van der Waals surface area contributed by atoms with Crippen molar-refractivity contribution in [3.05, 3.63) is 91.7 Å². The maximum Gasteiger partial charge on any atom is 0.338 e. The minimum Gasteiger partial charge on any atom is -0.492 e. The van der Waals surface area contributed by atoms with Crippen LogP contribution in [0.2, 0.25) is 0 Å². The molecule has 34 heavy (non-hydrogen) atoms. The van der Waals surface area contributed by atoms with E-state index in [0.717, 1.165) is 24.0 Å². The van der Waals surface area contributed by atoms with Crippen LogP contribution >= 0.6 is 56.5 Å². The van der Waals surface area contributed by atoms with Gasteiger partial charge in [0, 0.05) is 9.13 Å². The first-order valence-corrected chi connectivity index (χ1v) is 13.7. The van der Waals surface area contributed by atoms with Crippen molar-refractivity contribution in [1.29, 1.82) is 0 Å². The Labute approximate surface area is 228 Å². The third-order valence-electron chi connectivity index (χ3n) is 5.38. The van der Waals surface area contributed by atoms with E-state index in [4.69, 9.17) is 14.5 Å². The fraction of sp³-hybridized carbons (Fsp3) is 0.240. The number of benzene rings is 2. The number of carbonyl (C=O) groups excluding carboxylic acids is 1. The molecule has 0 radical (unpaired) electrons. The van der Waals surface area contributed by atoms with Crippen LogP contribution in [0.3, 0.4) is 0 Å². The van der Waals surface area contributed by atoms with E-state index in [9.17, 15) is 9.59 Å². The molecule has 0 bridgehead atoms. The molecule has 0 spiro atoms. The van der Waals surface area contributed by atoms with Gasteiger partial charge in [0.1, 0.15) is 5.75 Å². The van der Waals surface area contributed by atoms with E-state index in [-0.39, 0.29) is 5.56 Å². The van der Waals surface area contributed by atoms with Crippen molar-refractivity contribution in [3.63, 3.8) is 0 Å².